The first-order valence-corrected chi connectivity index (χ1v) is 46.1. The van der Waals surface area contributed by atoms with E-state index in [1.54, 1.807) is 0 Å². The van der Waals surface area contributed by atoms with Crippen LogP contribution >= 0.6 is 15.6 Å². The molecule has 0 radical (unpaired) electrons. The number of phosphoric ester groups is 2. The summed E-state index contributed by atoms with van der Waals surface area (Å²) in [5, 5.41) is 10.6. The van der Waals surface area contributed by atoms with Gasteiger partial charge in [-0.1, -0.05) is 394 Å². The molecule has 3 N–H and O–H groups in total. The summed E-state index contributed by atoms with van der Waals surface area (Å²) in [5.41, 5.74) is 0. The Bertz CT molecular complexity index is 1940. The van der Waals surface area contributed by atoms with Crippen molar-refractivity contribution in [1.29, 1.82) is 0 Å². The molecule has 0 rings (SSSR count). The fraction of sp³-hybridized carbons (Fsp3) is 0.952. The molecule has 606 valence electrons. The molecular weight excluding hydrogens is 1330 g/mol. The Morgan fingerprint density at radius 2 is 0.451 bits per heavy atom. The van der Waals surface area contributed by atoms with Crippen LogP contribution in [0, 0.1) is 5.92 Å². The third-order valence-electron chi connectivity index (χ3n) is 19.5. The number of ether oxygens (including phenoxy) is 4. The fourth-order valence-electron chi connectivity index (χ4n) is 12.9. The molecule has 0 aromatic heterocycles. The maximum atomic E-state index is 13.1. The van der Waals surface area contributed by atoms with Gasteiger partial charge in [-0.3, -0.25) is 37.3 Å². The monoisotopic (exact) mass is 1490 g/mol. The summed E-state index contributed by atoms with van der Waals surface area (Å²) >= 11 is 0. The standard InChI is InChI=1S/C83H162O17P2/c1-6-9-12-15-17-19-21-23-25-27-28-29-33-37-40-44-48-52-57-62-67-81(86)94-73-79(100-83(88)69-64-59-54-50-46-42-38-34-31-30-32-35-39-43-47-51-56-60-65-76(4)5)75-98-102(91,92)96-71-77(84)70-95-101(89,90)97-74-78(72-93-80(85)66-61-55-14-11-8-3)99-82(87)68-63-58-53-49-45-41-36-26-24-22-20-18-16-13-10-7-2/h76-79,84H,6-75H2,1-5H3,(H,89,90)(H,91,92)/t77-,78+,79+/m0/s1. The van der Waals surface area contributed by atoms with E-state index < -0.39 is 97.5 Å². The summed E-state index contributed by atoms with van der Waals surface area (Å²) in [5.74, 6) is -1.30. The number of aliphatic hydroxyl groups excluding tert-OH is 1. The van der Waals surface area contributed by atoms with Crippen molar-refractivity contribution in [2.75, 3.05) is 39.6 Å². The van der Waals surface area contributed by atoms with Gasteiger partial charge in [-0.05, 0) is 31.6 Å². The number of hydrogen-bond acceptors (Lipinski definition) is 15. The number of rotatable bonds is 83. The molecule has 17 nitrogen and oxygen atoms in total. The van der Waals surface area contributed by atoms with E-state index in [1.807, 2.05) is 0 Å². The number of unbranched alkanes of at least 4 members (excludes halogenated alkanes) is 55. The van der Waals surface area contributed by atoms with Crippen LogP contribution in [0.15, 0.2) is 0 Å². The van der Waals surface area contributed by atoms with Gasteiger partial charge in [0.25, 0.3) is 0 Å². The predicted octanol–water partition coefficient (Wildman–Crippen LogP) is 25.2. The first-order chi connectivity index (χ1) is 49.5. The zero-order valence-corrected chi connectivity index (χ0v) is 68.5. The smallest absolute Gasteiger partial charge is 0.462 e. The van der Waals surface area contributed by atoms with E-state index in [1.165, 1.54) is 263 Å². The van der Waals surface area contributed by atoms with Crippen molar-refractivity contribution in [1.82, 2.24) is 0 Å². The van der Waals surface area contributed by atoms with E-state index in [0.29, 0.717) is 25.7 Å². The highest BCUT2D eigenvalue weighted by Gasteiger charge is 2.30. The Morgan fingerprint density at radius 3 is 0.667 bits per heavy atom. The summed E-state index contributed by atoms with van der Waals surface area (Å²) in [6, 6.07) is 0. The Kier molecular flexibility index (Phi) is 74.4. The van der Waals surface area contributed by atoms with Crippen LogP contribution < -0.4 is 0 Å². The molecule has 0 aromatic carbocycles. The molecule has 0 saturated heterocycles. The van der Waals surface area contributed by atoms with Gasteiger partial charge in [0.05, 0.1) is 26.4 Å². The number of hydrogen-bond donors (Lipinski definition) is 3. The minimum absolute atomic E-state index is 0.108. The third-order valence-corrected chi connectivity index (χ3v) is 21.4. The van der Waals surface area contributed by atoms with E-state index in [0.717, 1.165) is 102 Å². The lowest BCUT2D eigenvalue weighted by atomic mass is 10.0. The number of phosphoric acid groups is 2. The van der Waals surface area contributed by atoms with E-state index in [9.17, 15) is 43.2 Å². The maximum absolute atomic E-state index is 13.1. The summed E-state index contributed by atoms with van der Waals surface area (Å²) in [7, 11) is -9.91. The van der Waals surface area contributed by atoms with Gasteiger partial charge >= 0.3 is 39.5 Å². The van der Waals surface area contributed by atoms with E-state index in [2.05, 4.69) is 34.6 Å². The van der Waals surface area contributed by atoms with Crippen LogP contribution in [0.2, 0.25) is 0 Å². The lowest BCUT2D eigenvalue weighted by molar-refractivity contribution is -0.161. The van der Waals surface area contributed by atoms with Gasteiger partial charge < -0.3 is 33.8 Å². The van der Waals surface area contributed by atoms with Crippen molar-refractivity contribution in [2.24, 2.45) is 5.92 Å². The highest BCUT2D eigenvalue weighted by atomic mass is 31.2. The number of carbonyl (C=O) groups is 4. The predicted molar refractivity (Wildman–Crippen MR) is 418 cm³/mol. The molecule has 0 bridgehead atoms. The molecule has 5 atom stereocenters. The minimum Gasteiger partial charge on any atom is -0.462 e. The van der Waals surface area contributed by atoms with Crippen LogP contribution in [0.1, 0.15) is 446 Å². The van der Waals surface area contributed by atoms with Gasteiger partial charge in [0.2, 0.25) is 0 Å². The number of esters is 4. The molecule has 19 heteroatoms. The molecule has 0 aliphatic heterocycles. The van der Waals surface area contributed by atoms with Crippen LogP contribution in [-0.2, 0) is 65.4 Å². The van der Waals surface area contributed by atoms with E-state index in [-0.39, 0.29) is 25.7 Å². The molecule has 0 aliphatic rings. The lowest BCUT2D eigenvalue weighted by Crippen LogP contribution is -2.30. The molecule has 0 fully saturated rings. The van der Waals surface area contributed by atoms with E-state index in [4.69, 9.17) is 37.0 Å². The van der Waals surface area contributed by atoms with Crippen LogP contribution in [0.25, 0.3) is 0 Å². The van der Waals surface area contributed by atoms with Gasteiger partial charge in [0.1, 0.15) is 19.3 Å². The van der Waals surface area contributed by atoms with Crippen molar-refractivity contribution in [2.45, 2.75) is 464 Å². The zero-order chi connectivity index (χ0) is 74.8. The molecule has 0 aromatic rings. The van der Waals surface area contributed by atoms with Crippen LogP contribution in [-0.4, -0.2) is 96.7 Å². The lowest BCUT2D eigenvalue weighted by Gasteiger charge is -2.21. The quantitative estimate of drug-likeness (QED) is 0.0222. The fourth-order valence-corrected chi connectivity index (χ4v) is 14.5. The molecule has 0 spiro atoms. The molecule has 0 aliphatic carbocycles. The second-order valence-electron chi connectivity index (χ2n) is 30.3. The molecule has 0 amide bonds. The summed E-state index contributed by atoms with van der Waals surface area (Å²) in [4.78, 5) is 72.8. The second kappa shape index (κ2) is 75.9. The van der Waals surface area contributed by atoms with Gasteiger partial charge in [-0.2, -0.15) is 0 Å². The van der Waals surface area contributed by atoms with E-state index >= 15 is 0 Å². The van der Waals surface area contributed by atoms with Gasteiger partial charge in [-0.15, -0.1) is 0 Å². The zero-order valence-electron chi connectivity index (χ0n) is 66.8. The SMILES string of the molecule is CCCCCCCCCCCCCCCCCCCCCCC(=O)OC[C@H](COP(=O)(O)OC[C@@H](O)COP(=O)(O)OC[C@@H](COC(=O)CCCCCCC)OC(=O)CCCCCCCCCCCCCCCCCC)OC(=O)CCCCCCCCCCCCCCCCCCCCC(C)C. The van der Waals surface area contributed by atoms with Crippen LogP contribution in [0.5, 0.6) is 0 Å². The highest BCUT2D eigenvalue weighted by molar-refractivity contribution is 7.47. The topological polar surface area (TPSA) is 237 Å². The first kappa shape index (κ1) is 100. The molecule has 2 unspecified atom stereocenters. The van der Waals surface area contributed by atoms with Crippen LogP contribution in [0.3, 0.4) is 0 Å². The summed E-state index contributed by atoms with van der Waals surface area (Å²) in [6.07, 6.45) is 68.6. The number of carbonyl (C=O) groups excluding carboxylic acids is 4. The highest BCUT2D eigenvalue weighted by Crippen LogP contribution is 2.45. The largest absolute Gasteiger partial charge is 0.472 e. The average molecular weight is 1490 g/mol. The van der Waals surface area contributed by atoms with Crippen molar-refractivity contribution >= 4 is 39.5 Å². The van der Waals surface area contributed by atoms with Gasteiger partial charge in [0, 0.05) is 25.7 Å². The molecular formula is C83H162O17P2. The Hall–Kier alpha value is -1.94. The summed E-state index contributed by atoms with van der Waals surface area (Å²) in [6.45, 7) is 7.29. The molecule has 0 heterocycles. The minimum atomic E-state index is -4.96. The molecule has 0 saturated carbocycles. The van der Waals surface area contributed by atoms with Gasteiger partial charge in [-0.25, -0.2) is 9.13 Å². The van der Waals surface area contributed by atoms with Crippen LogP contribution in [0.4, 0.5) is 0 Å². The van der Waals surface area contributed by atoms with Crippen molar-refractivity contribution in [3.8, 4) is 0 Å². The van der Waals surface area contributed by atoms with Gasteiger partial charge in [0.15, 0.2) is 12.2 Å². The van der Waals surface area contributed by atoms with Crippen molar-refractivity contribution in [3.63, 3.8) is 0 Å². The third kappa shape index (κ3) is 76.3. The Morgan fingerprint density at radius 1 is 0.265 bits per heavy atom. The Balaban J connectivity index is 5.11. The number of aliphatic hydroxyl groups is 1. The maximum Gasteiger partial charge on any atom is 0.472 e. The first-order valence-electron chi connectivity index (χ1n) is 43.1. The normalized spacial score (nSPS) is 13.8. The molecule has 102 heavy (non-hydrogen) atoms. The second-order valence-corrected chi connectivity index (χ2v) is 33.3. The Labute approximate surface area is 626 Å². The van der Waals surface area contributed by atoms with Crippen molar-refractivity contribution in [3.05, 3.63) is 0 Å². The summed E-state index contributed by atoms with van der Waals surface area (Å²) < 4.78 is 68.5. The average Bonchev–Trinajstić information content (AvgIpc) is 0.918. The van der Waals surface area contributed by atoms with Crippen molar-refractivity contribution < 1.29 is 80.2 Å².